The normalized spacial score (nSPS) is 40.2. The van der Waals surface area contributed by atoms with Crippen molar-refractivity contribution in [1.82, 2.24) is 4.90 Å². The van der Waals surface area contributed by atoms with E-state index in [4.69, 9.17) is 5.73 Å². The second-order valence-corrected chi connectivity index (χ2v) is 7.01. The highest BCUT2D eigenvalue weighted by Gasteiger charge is 2.44. The molecule has 1 aliphatic heterocycles. The van der Waals surface area contributed by atoms with Crippen LogP contribution in [0.15, 0.2) is 0 Å². The summed E-state index contributed by atoms with van der Waals surface area (Å²) in [5.74, 6) is 1.10. The Bertz CT molecular complexity index is 311. The molecule has 0 spiro atoms. The Morgan fingerprint density at radius 3 is 2.11 bits per heavy atom. The van der Waals surface area contributed by atoms with Gasteiger partial charge in [0.1, 0.15) is 0 Å². The molecule has 2 aliphatic rings. The molecule has 1 saturated heterocycles. The van der Waals surface area contributed by atoms with Crippen molar-refractivity contribution in [1.29, 1.82) is 0 Å². The van der Waals surface area contributed by atoms with E-state index in [-0.39, 0.29) is 5.41 Å². The minimum atomic E-state index is -0.258. The van der Waals surface area contributed by atoms with Crippen LogP contribution in [-0.2, 0) is 4.79 Å². The number of rotatable bonds is 2. The molecule has 1 aliphatic carbocycles. The van der Waals surface area contributed by atoms with Crippen molar-refractivity contribution in [2.24, 2.45) is 17.1 Å². The van der Waals surface area contributed by atoms with Crippen molar-refractivity contribution in [2.75, 3.05) is 6.54 Å². The molecule has 2 rings (SSSR count). The zero-order valence-corrected chi connectivity index (χ0v) is 12.8. The lowest BCUT2D eigenvalue weighted by atomic mass is 9.69. The average Bonchev–Trinajstić information content (AvgIpc) is 2.39. The molecule has 3 heteroatoms. The fraction of sp³-hybridized carbons (Fsp3) is 0.938. The van der Waals surface area contributed by atoms with Crippen molar-refractivity contribution in [3.63, 3.8) is 0 Å². The highest BCUT2D eigenvalue weighted by Crippen LogP contribution is 2.41. The lowest BCUT2D eigenvalue weighted by molar-refractivity contribution is -0.150. The first-order valence-electron chi connectivity index (χ1n) is 8.03. The van der Waals surface area contributed by atoms with Crippen LogP contribution in [0.3, 0.4) is 0 Å². The van der Waals surface area contributed by atoms with Crippen LogP contribution in [0.4, 0.5) is 0 Å². The summed E-state index contributed by atoms with van der Waals surface area (Å²) in [4.78, 5) is 15.2. The largest absolute Gasteiger partial charge is 0.337 e. The second-order valence-electron chi connectivity index (χ2n) is 7.01. The number of likely N-dealkylation sites (tertiary alicyclic amines) is 1. The summed E-state index contributed by atoms with van der Waals surface area (Å²) in [6.45, 7) is 7.21. The van der Waals surface area contributed by atoms with E-state index in [9.17, 15) is 4.79 Å². The molecule has 0 aromatic rings. The number of carbonyl (C=O) groups is 1. The van der Waals surface area contributed by atoms with Crippen molar-refractivity contribution in [3.05, 3.63) is 0 Å². The Morgan fingerprint density at radius 1 is 1.11 bits per heavy atom. The first-order chi connectivity index (χ1) is 9.00. The molecule has 1 saturated carbocycles. The SMILES string of the molecule is CC1CCC(CN)(C(=O)N2[C@H](C)CCC[C@@H]2C)CC1. The number of carbonyl (C=O) groups excluding carboxylic acids is 1. The van der Waals surface area contributed by atoms with E-state index in [2.05, 4.69) is 25.7 Å². The number of hydrogen-bond acceptors (Lipinski definition) is 2. The zero-order valence-electron chi connectivity index (χ0n) is 12.8. The van der Waals surface area contributed by atoms with Gasteiger partial charge in [0.2, 0.25) is 5.91 Å². The maximum Gasteiger partial charge on any atom is 0.230 e. The predicted octanol–water partition coefficient (Wildman–Crippen LogP) is 2.93. The first kappa shape index (κ1) is 14.8. The predicted molar refractivity (Wildman–Crippen MR) is 78.7 cm³/mol. The van der Waals surface area contributed by atoms with E-state index in [0.29, 0.717) is 24.5 Å². The fourth-order valence-electron chi connectivity index (χ4n) is 3.92. The van der Waals surface area contributed by atoms with Crippen LogP contribution in [0, 0.1) is 11.3 Å². The third kappa shape index (κ3) is 2.81. The van der Waals surface area contributed by atoms with Crippen LogP contribution in [0.25, 0.3) is 0 Å². The number of amides is 1. The van der Waals surface area contributed by atoms with Crippen molar-refractivity contribution >= 4 is 5.91 Å². The molecule has 1 heterocycles. The van der Waals surface area contributed by atoms with E-state index in [1.807, 2.05) is 0 Å². The molecular weight excluding hydrogens is 236 g/mol. The third-order valence-corrected chi connectivity index (χ3v) is 5.50. The topological polar surface area (TPSA) is 46.3 Å². The minimum absolute atomic E-state index is 0.258. The van der Waals surface area contributed by atoms with Gasteiger partial charge in [-0.15, -0.1) is 0 Å². The van der Waals surface area contributed by atoms with E-state index in [1.54, 1.807) is 0 Å². The molecule has 2 atom stereocenters. The quantitative estimate of drug-likeness (QED) is 0.835. The molecule has 2 fully saturated rings. The smallest absolute Gasteiger partial charge is 0.230 e. The van der Waals surface area contributed by atoms with Gasteiger partial charge in [0.15, 0.2) is 0 Å². The lowest BCUT2D eigenvalue weighted by Gasteiger charge is -2.46. The van der Waals surface area contributed by atoms with E-state index < -0.39 is 0 Å². The number of piperidine rings is 1. The summed E-state index contributed by atoms with van der Waals surface area (Å²) >= 11 is 0. The Labute approximate surface area is 117 Å². The minimum Gasteiger partial charge on any atom is -0.337 e. The summed E-state index contributed by atoms with van der Waals surface area (Å²) in [6.07, 6.45) is 7.82. The van der Waals surface area contributed by atoms with Crippen LogP contribution < -0.4 is 5.73 Å². The summed E-state index contributed by atoms with van der Waals surface area (Å²) in [5, 5.41) is 0. The van der Waals surface area contributed by atoms with Gasteiger partial charge in [0.05, 0.1) is 5.41 Å². The molecule has 1 amide bonds. The number of nitrogens with zero attached hydrogens (tertiary/aromatic N) is 1. The number of nitrogens with two attached hydrogens (primary N) is 1. The van der Waals surface area contributed by atoms with E-state index >= 15 is 0 Å². The van der Waals surface area contributed by atoms with Crippen LogP contribution in [0.5, 0.6) is 0 Å². The van der Waals surface area contributed by atoms with Gasteiger partial charge in [-0.3, -0.25) is 4.79 Å². The maximum absolute atomic E-state index is 13.1. The molecule has 0 bridgehead atoms. The zero-order chi connectivity index (χ0) is 14.0. The highest BCUT2D eigenvalue weighted by molar-refractivity contribution is 5.83. The monoisotopic (exact) mass is 266 g/mol. The van der Waals surface area contributed by atoms with Gasteiger partial charge in [0, 0.05) is 18.6 Å². The maximum atomic E-state index is 13.1. The summed E-state index contributed by atoms with van der Waals surface area (Å²) in [7, 11) is 0. The van der Waals surface area contributed by atoms with Crippen LogP contribution in [0.1, 0.15) is 65.7 Å². The van der Waals surface area contributed by atoms with Crippen LogP contribution in [-0.4, -0.2) is 29.4 Å². The number of hydrogen-bond donors (Lipinski definition) is 1. The lowest BCUT2D eigenvalue weighted by Crippen LogP contribution is -2.56. The summed E-state index contributed by atoms with van der Waals surface area (Å²) in [5.41, 5.74) is 5.78. The second kappa shape index (κ2) is 5.82. The highest BCUT2D eigenvalue weighted by atomic mass is 16.2. The Hall–Kier alpha value is -0.570. The standard InChI is InChI=1S/C16H30N2O/c1-12-7-9-16(11-17,10-8-12)15(19)18-13(2)5-4-6-14(18)3/h12-14H,4-11,17H2,1-3H3/t12?,13-,14+,16?. The Balaban J connectivity index is 2.15. The molecule has 110 valence electrons. The Kier molecular flexibility index (Phi) is 4.54. The molecule has 0 unspecified atom stereocenters. The van der Waals surface area contributed by atoms with Gasteiger partial charge in [-0.1, -0.05) is 6.92 Å². The Morgan fingerprint density at radius 2 is 1.63 bits per heavy atom. The molecule has 0 aromatic carbocycles. The molecule has 0 aromatic heterocycles. The van der Waals surface area contributed by atoms with Crippen LogP contribution >= 0.6 is 0 Å². The molecule has 19 heavy (non-hydrogen) atoms. The van der Waals surface area contributed by atoms with Crippen LogP contribution in [0.2, 0.25) is 0 Å². The van der Waals surface area contributed by atoms with Gasteiger partial charge in [0.25, 0.3) is 0 Å². The summed E-state index contributed by atoms with van der Waals surface area (Å²) in [6, 6.07) is 0.776. The molecule has 2 N–H and O–H groups in total. The van der Waals surface area contributed by atoms with Crippen molar-refractivity contribution in [2.45, 2.75) is 77.8 Å². The molecule has 0 radical (unpaired) electrons. The van der Waals surface area contributed by atoms with Crippen molar-refractivity contribution in [3.8, 4) is 0 Å². The summed E-state index contributed by atoms with van der Waals surface area (Å²) < 4.78 is 0. The first-order valence-corrected chi connectivity index (χ1v) is 8.03. The molecule has 3 nitrogen and oxygen atoms in total. The van der Waals surface area contributed by atoms with Gasteiger partial charge < -0.3 is 10.6 Å². The van der Waals surface area contributed by atoms with E-state index in [1.165, 1.54) is 6.42 Å². The van der Waals surface area contributed by atoms with Gasteiger partial charge in [-0.2, -0.15) is 0 Å². The van der Waals surface area contributed by atoms with Gasteiger partial charge in [-0.05, 0) is 64.7 Å². The average molecular weight is 266 g/mol. The third-order valence-electron chi connectivity index (χ3n) is 5.50. The molecular formula is C16H30N2O. The van der Waals surface area contributed by atoms with Gasteiger partial charge in [-0.25, -0.2) is 0 Å². The van der Waals surface area contributed by atoms with Gasteiger partial charge >= 0.3 is 0 Å². The van der Waals surface area contributed by atoms with E-state index in [0.717, 1.165) is 44.4 Å². The van der Waals surface area contributed by atoms with Crippen molar-refractivity contribution < 1.29 is 4.79 Å². The fourth-order valence-corrected chi connectivity index (χ4v) is 3.92.